The number of ether oxygens (including phenoxy) is 1. The summed E-state index contributed by atoms with van der Waals surface area (Å²) in [5.41, 5.74) is 2.65. The summed E-state index contributed by atoms with van der Waals surface area (Å²) in [5.74, 6) is -0.341. The number of nitrogens with zero attached hydrogens (tertiary/aromatic N) is 1. The number of carbonyl (C=O) groups is 2. The van der Waals surface area contributed by atoms with Crippen LogP contribution in [0.2, 0.25) is 0 Å². The molecule has 0 saturated carbocycles. The summed E-state index contributed by atoms with van der Waals surface area (Å²) in [5, 5.41) is 5.93. The number of rotatable bonds is 6. The summed E-state index contributed by atoms with van der Waals surface area (Å²) in [6.07, 6.45) is 0.388. The normalized spacial score (nSPS) is 20.4. The van der Waals surface area contributed by atoms with Crippen LogP contribution in [-0.4, -0.2) is 54.6 Å². The van der Waals surface area contributed by atoms with E-state index in [-0.39, 0.29) is 30.1 Å². The molecule has 2 aromatic carbocycles. The van der Waals surface area contributed by atoms with E-state index in [0.29, 0.717) is 23.4 Å². The van der Waals surface area contributed by atoms with Crippen LogP contribution in [0.4, 0.5) is 5.69 Å². The van der Waals surface area contributed by atoms with Gasteiger partial charge in [0, 0.05) is 42.5 Å². The average Bonchev–Trinajstić information content (AvgIpc) is 2.73. The predicted octanol–water partition coefficient (Wildman–Crippen LogP) is 3.47. The number of morpholine rings is 1. The van der Waals surface area contributed by atoms with Crippen molar-refractivity contribution in [3.63, 3.8) is 0 Å². The molecule has 1 aliphatic rings. The fraction of sp³-hybridized carbons (Fsp3) is 0.417. The Morgan fingerprint density at radius 2 is 1.70 bits per heavy atom. The second kappa shape index (κ2) is 9.87. The van der Waals surface area contributed by atoms with Crippen molar-refractivity contribution in [3.8, 4) is 0 Å². The van der Waals surface area contributed by atoms with E-state index >= 15 is 0 Å². The topological polar surface area (TPSA) is 70.7 Å². The number of anilines is 1. The lowest BCUT2D eigenvalue weighted by atomic mass is 10.1. The summed E-state index contributed by atoms with van der Waals surface area (Å²) < 4.78 is 5.79. The monoisotopic (exact) mass is 409 g/mol. The Morgan fingerprint density at radius 1 is 1.03 bits per heavy atom. The SMILES string of the molecule is Cc1ccc(C(=O)NCC(C)N2CC(C)OC(C)C2)cc1NC(=O)c1ccccc1. The van der Waals surface area contributed by atoms with Crippen LogP contribution in [0, 0.1) is 6.92 Å². The highest BCUT2D eigenvalue weighted by Crippen LogP contribution is 2.18. The Hall–Kier alpha value is -2.70. The van der Waals surface area contributed by atoms with Crippen molar-refractivity contribution >= 4 is 17.5 Å². The van der Waals surface area contributed by atoms with Crippen molar-refractivity contribution in [1.29, 1.82) is 0 Å². The Morgan fingerprint density at radius 3 is 2.37 bits per heavy atom. The maximum Gasteiger partial charge on any atom is 0.255 e. The quantitative estimate of drug-likeness (QED) is 0.766. The van der Waals surface area contributed by atoms with Gasteiger partial charge >= 0.3 is 0 Å². The molecule has 0 bridgehead atoms. The molecule has 1 fully saturated rings. The zero-order valence-electron chi connectivity index (χ0n) is 18.1. The lowest BCUT2D eigenvalue weighted by Gasteiger charge is -2.39. The maximum absolute atomic E-state index is 12.7. The van der Waals surface area contributed by atoms with E-state index < -0.39 is 0 Å². The zero-order valence-corrected chi connectivity index (χ0v) is 18.1. The summed E-state index contributed by atoms with van der Waals surface area (Å²) in [6, 6.07) is 14.6. The summed E-state index contributed by atoms with van der Waals surface area (Å²) in [4.78, 5) is 27.5. The second-order valence-corrected chi connectivity index (χ2v) is 8.12. The molecule has 3 atom stereocenters. The third kappa shape index (κ3) is 5.68. The minimum absolute atomic E-state index is 0.147. The van der Waals surface area contributed by atoms with Gasteiger partial charge < -0.3 is 15.4 Å². The van der Waals surface area contributed by atoms with E-state index in [9.17, 15) is 9.59 Å². The molecule has 160 valence electrons. The number of amides is 2. The summed E-state index contributed by atoms with van der Waals surface area (Å²) in [7, 11) is 0. The number of benzene rings is 2. The Balaban J connectivity index is 1.61. The Bertz CT molecular complexity index is 875. The first-order chi connectivity index (χ1) is 14.3. The van der Waals surface area contributed by atoms with Gasteiger partial charge in [-0.2, -0.15) is 0 Å². The molecule has 6 heteroatoms. The van der Waals surface area contributed by atoms with Gasteiger partial charge in [-0.3, -0.25) is 14.5 Å². The third-order valence-corrected chi connectivity index (χ3v) is 5.41. The van der Waals surface area contributed by atoms with Crippen molar-refractivity contribution in [2.24, 2.45) is 0 Å². The van der Waals surface area contributed by atoms with Gasteiger partial charge in [0.05, 0.1) is 12.2 Å². The van der Waals surface area contributed by atoms with Crippen LogP contribution < -0.4 is 10.6 Å². The number of hydrogen-bond donors (Lipinski definition) is 2. The van der Waals surface area contributed by atoms with Gasteiger partial charge in [0.15, 0.2) is 0 Å². The standard InChI is InChI=1S/C24H31N3O3/c1-16-10-11-21(12-22(16)26-24(29)20-8-6-5-7-9-20)23(28)25-13-17(2)27-14-18(3)30-19(4)15-27/h5-12,17-19H,13-15H2,1-4H3,(H,25,28)(H,26,29). The van der Waals surface area contributed by atoms with E-state index in [1.165, 1.54) is 0 Å². The number of hydrogen-bond acceptors (Lipinski definition) is 4. The summed E-state index contributed by atoms with van der Waals surface area (Å²) >= 11 is 0. The van der Waals surface area contributed by atoms with Crippen LogP contribution >= 0.6 is 0 Å². The number of nitrogens with one attached hydrogen (secondary N) is 2. The summed E-state index contributed by atoms with van der Waals surface area (Å²) in [6.45, 7) is 10.5. The van der Waals surface area contributed by atoms with Gasteiger partial charge in [0.1, 0.15) is 0 Å². The lowest BCUT2D eigenvalue weighted by Crippen LogP contribution is -2.52. The molecule has 6 nitrogen and oxygen atoms in total. The highest BCUT2D eigenvalue weighted by atomic mass is 16.5. The van der Waals surface area contributed by atoms with Gasteiger partial charge in [-0.25, -0.2) is 0 Å². The lowest BCUT2D eigenvalue weighted by molar-refractivity contribution is -0.0778. The van der Waals surface area contributed by atoms with Crippen molar-refractivity contribution < 1.29 is 14.3 Å². The molecule has 0 spiro atoms. The molecular weight excluding hydrogens is 378 g/mol. The Labute approximate surface area is 178 Å². The van der Waals surface area contributed by atoms with Crippen LogP contribution in [0.5, 0.6) is 0 Å². The molecule has 1 saturated heterocycles. The molecule has 3 unspecified atom stereocenters. The molecule has 30 heavy (non-hydrogen) atoms. The Kier molecular flexibility index (Phi) is 7.24. The molecule has 1 heterocycles. The molecule has 0 aliphatic carbocycles. The smallest absolute Gasteiger partial charge is 0.255 e. The number of aryl methyl sites for hydroxylation is 1. The van der Waals surface area contributed by atoms with Crippen molar-refractivity contribution in [1.82, 2.24) is 10.2 Å². The average molecular weight is 410 g/mol. The molecule has 0 aromatic heterocycles. The highest BCUT2D eigenvalue weighted by Gasteiger charge is 2.26. The molecule has 2 aromatic rings. The zero-order chi connectivity index (χ0) is 21.7. The van der Waals surface area contributed by atoms with Gasteiger partial charge in [-0.1, -0.05) is 24.3 Å². The molecule has 3 rings (SSSR count). The van der Waals surface area contributed by atoms with Crippen molar-refractivity contribution in [2.45, 2.75) is 45.9 Å². The van der Waals surface area contributed by atoms with Crippen LogP contribution in [0.1, 0.15) is 47.1 Å². The molecule has 0 radical (unpaired) electrons. The van der Waals surface area contributed by atoms with Crippen molar-refractivity contribution in [2.75, 3.05) is 25.0 Å². The van der Waals surface area contributed by atoms with Crippen LogP contribution in [0.25, 0.3) is 0 Å². The minimum atomic E-state index is -0.194. The first-order valence-electron chi connectivity index (χ1n) is 10.5. The fourth-order valence-corrected chi connectivity index (χ4v) is 3.73. The highest BCUT2D eigenvalue weighted by molar-refractivity contribution is 6.05. The molecular formula is C24H31N3O3. The van der Waals surface area contributed by atoms with E-state index in [4.69, 9.17) is 4.74 Å². The first-order valence-corrected chi connectivity index (χ1v) is 10.5. The molecule has 2 N–H and O–H groups in total. The van der Waals surface area contributed by atoms with E-state index in [2.05, 4.69) is 36.3 Å². The van der Waals surface area contributed by atoms with Gasteiger partial charge in [-0.15, -0.1) is 0 Å². The van der Waals surface area contributed by atoms with Crippen LogP contribution in [-0.2, 0) is 4.74 Å². The molecule has 2 amide bonds. The van der Waals surface area contributed by atoms with Gasteiger partial charge in [0.2, 0.25) is 0 Å². The number of carbonyl (C=O) groups excluding carboxylic acids is 2. The van der Waals surface area contributed by atoms with E-state index in [1.807, 2.05) is 31.2 Å². The third-order valence-electron chi connectivity index (χ3n) is 5.41. The van der Waals surface area contributed by atoms with Gasteiger partial charge in [-0.05, 0) is 57.5 Å². The molecule has 1 aliphatic heterocycles. The second-order valence-electron chi connectivity index (χ2n) is 8.12. The fourth-order valence-electron chi connectivity index (χ4n) is 3.73. The van der Waals surface area contributed by atoms with Crippen LogP contribution in [0.15, 0.2) is 48.5 Å². The van der Waals surface area contributed by atoms with E-state index in [1.54, 1.807) is 24.3 Å². The predicted molar refractivity (Wildman–Crippen MR) is 119 cm³/mol. The maximum atomic E-state index is 12.7. The van der Waals surface area contributed by atoms with Crippen molar-refractivity contribution in [3.05, 3.63) is 65.2 Å². The van der Waals surface area contributed by atoms with Gasteiger partial charge in [0.25, 0.3) is 11.8 Å². The van der Waals surface area contributed by atoms with Crippen LogP contribution in [0.3, 0.4) is 0 Å². The first kappa shape index (κ1) is 22.0. The minimum Gasteiger partial charge on any atom is -0.373 e. The largest absolute Gasteiger partial charge is 0.373 e. The van der Waals surface area contributed by atoms with E-state index in [0.717, 1.165) is 18.7 Å².